The van der Waals surface area contributed by atoms with E-state index < -0.39 is 0 Å². The van der Waals surface area contributed by atoms with E-state index in [4.69, 9.17) is 17.3 Å². The van der Waals surface area contributed by atoms with Gasteiger partial charge in [-0.1, -0.05) is 17.7 Å². The van der Waals surface area contributed by atoms with Crippen LogP contribution in [0.1, 0.15) is 15.9 Å². The molecule has 2 aromatic rings. The molecule has 4 heteroatoms. The van der Waals surface area contributed by atoms with Crippen LogP contribution >= 0.6 is 11.6 Å². The molecule has 92 valence electrons. The predicted molar refractivity (Wildman–Crippen MR) is 75.0 cm³/mol. The van der Waals surface area contributed by atoms with Gasteiger partial charge in [-0.25, -0.2) is 0 Å². The molecule has 0 fully saturated rings. The van der Waals surface area contributed by atoms with Crippen LogP contribution in [0.4, 0.5) is 11.4 Å². The number of nitrogens with one attached hydrogen (secondary N) is 1. The van der Waals surface area contributed by atoms with E-state index in [0.717, 1.165) is 5.56 Å². The number of carbonyl (C=O) groups excluding carboxylic acids is 1. The highest BCUT2D eigenvalue weighted by Crippen LogP contribution is 2.19. The van der Waals surface area contributed by atoms with Crippen LogP contribution in [0.25, 0.3) is 0 Å². The Balaban J connectivity index is 2.19. The minimum atomic E-state index is -0.232. The number of carbonyl (C=O) groups is 1. The first-order valence-corrected chi connectivity index (χ1v) is 5.87. The zero-order valence-electron chi connectivity index (χ0n) is 9.91. The van der Waals surface area contributed by atoms with E-state index in [0.29, 0.717) is 22.0 Å². The van der Waals surface area contributed by atoms with Gasteiger partial charge in [0.2, 0.25) is 0 Å². The first-order chi connectivity index (χ1) is 8.56. The number of amides is 1. The summed E-state index contributed by atoms with van der Waals surface area (Å²) in [6, 6.07) is 12.3. The van der Waals surface area contributed by atoms with Gasteiger partial charge in [0.15, 0.2) is 0 Å². The van der Waals surface area contributed by atoms with Gasteiger partial charge < -0.3 is 11.1 Å². The van der Waals surface area contributed by atoms with Crippen molar-refractivity contribution in [2.75, 3.05) is 11.1 Å². The van der Waals surface area contributed by atoms with Gasteiger partial charge in [0.25, 0.3) is 5.91 Å². The Labute approximate surface area is 111 Å². The fourth-order valence-corrected chi connectivity index (χ4v) is 1.89. The van der Waals surface area contributed by atoms with E-state index in [1.165, 1.54) is 0 Å². The molecule has 0 spiro atoms. The molecule has 0 aliphatic heterocycles. The standard InChI is InChI=1S/C14H13ClN2O/c1-9-2-7-12(13(15)8-9)14(18)17-11-5-3-10(16)4-6-11/h2-8H,16H2,1H3,(H,17,18). The molecule has 0 radical (unpaired) electrons. The first-order valence-electron chi connectivity index (χ1n) is 5.49. The summed E-state index contributed by atoms with van der Waals surface area (Å²) in [5.74, 6) is -0.232. The maximum atomic E-state index is 12.0. The number of hydrogen-bond donors (Lipinski definition) is 2. The maximum absolute atomic E-state index is 12.0. The number of benzene rings is 2. The third-order valence-electron chi connectivity index (χ3n) is 2.54. The summed E-state index contributed by atoms with van der Waals surface area (Å²) in [6.45, 7) is 1.92. The van der Waals surface area contributed by atoms with Gasteiger partial charge >= 0.3 is 0 Å². The van der Waals surface area contributed by atoms with E-state index in [2.05, 4.69) is 5.32 Å². The number of aryl methyl sites for hydroxylation is 1. The molecule has 0 saturated heterocycles. The van der Waals surface area contributed by atoms with Crippen molar-refractivity contribution in [3.8, 4) is 0 Å². The molecule has 1 amide bonds. The molecule has 0 heterocycles. The monoisotopic (exact) mass is 260 g/mol. The Kier molecular flexibility index (Phi) is 3.53. The molecule has 0 aliphatic rings. The van der Waals surface area contributed by atoms with Crippen molar-refractivity contribution in [3.63, 3.8) is 0 Å². The highest BCUT2D eigenvalue weighted by atomic mass is 35.5. The van der Waals surface area contributed by atoms with E-state index in [9.17, 15) is 4.79 Å². The van der Waals surface area contributed by atoms with Crippen LogP contribution in [0.5, 0.6) is 0 Å². The molecule has 3 N–H and O–H groups in total. The Morgan fingerprint density at radius 3 is 2.44 bits per heavy atom. The topological polar surface area (TPSA) is 55.1 Å². The van der Waals surface area contributed by atoms with Gasteiger partial charge in [0.05, 0.1) is 10.6 Å². The van der Waals surface area contributed by atoms with E-state index >= 15 is 0 Å². The predicted octanol–water partition coefficient (Wildman–Crippen LogP) is 3.48. The lowest BCUT2D eigenvalue weighted by Crippen LogP contribution is -2.12. The summed E-state index contributed by atoms with van der Waals surface area (Å²) in [6.07, 6.45) is 0. The average Bonchev–Trinajstić information content (AvgIpc) is 2.32. The number of hydrogen-bond acceptors (Lipinski definition) is 2. The number of anilines is 2. The minimum absolute atomic E-state index is 0.232. The molecular weight excluding hydrogens is 248 g/mol. The van der Waals surface area contributed by atoms with Crippen LogP contribution < -0.4 is 11.1 Å². The molecule has 2 aromatic carbocycles. The van der Waals surface area contributed by atoms with Crippen molar-refractivity contribution in [2.45, 2.75) is 6.92 Å². The fraction of sp³-hybridized carbons (Fsp3) is 0.0714. The van der Waals surface area contributed by atoms with Gasteiger partial charge in [0.1, 0.15) is 0 Å². The van der Waals surface area contributed by atoms with Crippen molar-refractivity contribution in [1.82, 2.24) is 0 Å². The summed E-state index contributed by atoms with van der Waals surface area (Å²) in [5, 5.41) is 3.21. The maximum Gasteiger partial charge on any atom is 0.257 e. The van der Waals surface area contributed by atoms with Crippen LogP contribution in [0.2, 0.25) is 5.02 Å². The number of nitrogen functional groups attached to an aromatic ring is 1. The van der Waals surface area contributed by atoms with E-state index in [1.807, 2.05) is 13.0 Å². The molecule has 0 aliphatic carbocycles. The number of halogens is 1. The zero-order chi connectivity index (χ0) is 13.1. The van der Waals surface area contributed by atoms with Crippen LogP contribution in [-0.2, 0) is 0 Å². The molecule has 18 heavy (non-hydrogen) atoms. The molecular formula is C14H13ClN2O. The van der Waals surface area contributed by atoms with Crippen molar-refractivity contribution in [3.05, 3.63) is 58.6 Å². The lowest BCUT2D eigenvalue weighted by atomic mass is 10.1. The average molecular weight is 261 g/mol. The number of nitrogens with two attached hydrogens (primary N) is 1. The van der Waals surface area contributed by atoms with Gasteiger partial charge in [-0.15, -0.1) is 0 Å². The largest absolute Gasteiger partial charge is 0.399 e. The van der Waals surface area contributed by atoms with Crippen molar-refractivity contribution in [2.24, 2.45) is 0 Å². The highest BCUT2D eigenvalue weighted by molar-refractivity contribution is 6.34. The molecule has 2 rings (SSSR count). The third kappa shape index (κ3) is 2.81. The Morgan fingerprint density at radius 1 is 1.17 bits per heavy atom. The second-order valence-corrected chi connectivity index (χ2v) is 4.47. The summed E-state index contributed by atoms with van der Waals surface area (Å²) >= 11 is 6.04. The number of rotatable bonds is 2. The smallest absolute Gasteiger partial charge is 0.257 e. The lowest BCUT2D eigenvalue weighted by Gasteiger charge is -2.07. The Hall–Kier alpha value is -2.00. The van der Waals surface area contributed by atoms with Crippen LogP contribution in [-0.4, -0.2) is 5.91 Å². The van der Waals surface area contributed by atoms with Gasteiger partial charge in [-0.05, 0) is 48.9 Å². The fourth-order valence-electron chi connectivity index (χ4n) is 1.57. The van der Waals surface area contributed by atoms with Crippen LogP contribution in [0.3, 0.4) is 0 Å². The van der Waals surface area contributed by atoms with Crippen molar-refractivity contribution < 1.29 is 4.79 Å². The summed E-state index contributed by atoms with van der Waals surface area (Å²) in [4.78, 5) is 12.0. The molecule has 0 saturated carbocycles. The Bertz CT molecular complexity index is 579. The van der Waals surface area contributed by atoms with Crippen molar-refractivity contribution in [1.29, 1.82) is 0 Å². The molecule has 0 atom stereocenters. The summed E-state index contributed by atoms with van der Waals surface area (Å²) < 4.78 is 0. The van der Waals surface area contributed by atoms with Crippen LogP contribution in [0.15, 0.2) is 42.5 Å². The summed E-state index contributed by atoms with van der Waals surface area (Å²) in [5.41, 5.74) is 8.39. The highest BCUT2D eigenvalue weighted by Gasteiger charge is 2.10. The van der Waals surface area contributed by atoms with E-state index in [1.54, 1.807) is 36.4 Å². The van der Waals surface area contributed by atoms with Crippen LogP contribution in [0, 0.1) is 6.92 Å². The zero-order valence-corrected chi connectivity index (χ0v) is 10.7. The van der Waals surface area contributed by atoms with Gasteiger partial charge in [-0.2, -0.15) is 0 Å². The molecule has 3 nitrogen and oxygen atoms in total. The second kappa shape index (κ2) is 5.10. The first kappa shape index (κ1) is 12.5. The molecule has 0 aromatic heterocycles. The van der Waals surface area contributed by atoms with E-state index in [-0.39, 0.29) is 5.91 Å². The quantitative estimate of drug-likeness (QED) is 0.812. The lowest BCUT2D eigenvalue weighted by molar-refractivity contribution is 0.102. The molecule has 0 bridgehead atoms. The minimum Gasteiger partial charge on any atom is -0.399 e. The third-order valence-corrected chi connectivity index (χ3v) is 2.85. The summed E-state index contributed by atoms with van der Waals surface area (Å²) in [7, 11) is 0. The Morgan fingerprint density at radius 2 is 1.83 bits per heavy atom. The van der Waals surface area contributed by atoms with Crippen molar-refractivity contribution >= 4 is 28.9 Å². The second-order valence-electron chi connectivity index (χ2n) is 4.06. The molecule has 0 unspecified atom stereocenters. The SMILES string of the molecule is Cc1ccc(C(=O)Nc2ccc(N)cc2)c(Cl)c1. The normalized spacial score (nSPS) is 10.1. The van der Waals surface area contributed by atoms with Gasteiger partial charge in [-0.3, -0.25) is 4.79 Å². The van der Waals surface area contributed by atoms with Gasteiger partial charge in [0, 0.05) is 11.4 Å².